The SMILES string of the molecule is CCN1CC(CC2CCNCC2)c2cc(C(=O)O)ccc21. The minimum Gasteiger partial charge on any atom is -0.478 e. The zero-order chi connectivity index (χ0) is 14.8. The number of nitrogens with one attached hydrogen (secondary N) is 1. The highest BCUT2D eigenvalue weighted by atomic mass is 16.4. The van der Waals surface area contributed by atoms with Crippen molar-refractivity contribution in [3.63, 3.8) is 0 Å². The normalized spacial score (nSPS) is 22.3. The molecule has 0 spiro atoms. The molecule has 4 nitrogen and oxygen atoms in total. The van der Waals surface area contributed by atoms with Crippen molar-refractivity contribution >= 4 is 11.7 Å². The van der Waals surface area contributed by atoms with Gasteiger partial charge in [0.25, 0.3) is 0 Å². The second-order valence-electron chi connectivity index (χ2n) is 6.24. The van der Waals surface area contributed by atoms with Gasteiger partial charge in [0, 0.05) is 24.7 Å². The number of hydrogen-bond acceptors (Lipinski definition) is 3. The van der Waals surface area contributed by atoms with Crippen LogP contribution in [0.1, 0.15) is 48.0 Å². The molecule has 1 fully saturated rings. The third-order valence-electron chi connectivity index (χ3n) is 4.95. The second kappa shape index (κ2) is 6.06. The molecule has 2 N–H and O–H groups in total. The number of aromatic carboxylic acids is 1. The lowest BCUT2D eigenvalue weighted by Gasteiger charge is -2.25. The average molecular weight is 288 g/mol. The highest BCUT2D eigenvalue weighted by Crippen LogP contribution is 2.41. The summed E-state index contributed by atoms with van der Waals surface area (Å²) < 4.78 is 0. The molecular formula is C17H24N2O2. The molecule has 1 aromatic rings. The summed E-state index contributed by atoms with van der Waals surface area (Å²) in [5.74, 6) is 0.435. The van der Waals surface area contributed by atoms with Gasteiger partial charge in [-0.05, 0) is 69.0 Å². The maximum Gasteiger partial charge on any atom is 0.335 e. The molecular weight excluding hydrogens is 264 g/mol. The number of benzene rings is 1. The molecule has 0 radical (unpaired) electrons. The van der Waals surface area contributed by atoms with E-state index in [4.69, 9.17) is 0 Å². The first-order chi connectivity index (χ1) is 10.2. The van der Waals surface area contributed by atoms with E-state index in [0.717, 1.165) is 32.1 Å². The first kappa shape index (κ1) is 14.4. The van der Waals surface area contributed by atoms with Crippen molar-refractivity contribution in [2.75, 3.05) is 31.1 Å². The molecule has 0 saturated carbocycles. The van der Waals surface area contributed by atoms with Crippen LogP contribution in [0.2, 0.25) is 0 Å². The van der Waals surface area contributed by atoms with E-state index in [1.165, 1.54) is 30.5 Å². The van der Waals surface area contributed by atoms with Crippen molar-refractivity contribution in [3.8, 4) is 0 Å². The average Bonchev–Trinajstić information content (AvgIpc) is 2.85. The van der Waals surface area contributed by atoms with E-state index in [0.29, 0.717) is 11.5 Å². The third kappa shape index (κ3) is 2.91. The van der Waals surface area contributed by atoms with Gasteiger partial charge >= 0.3 is 5.97 Å². The fourth-order valence-electron chi connectivity index (χ4n) is 3.79. The fraction of sp³-hybridized carbons (Fsp3) is 0.588. The van der Waals surface area contributed by atoms with Crippen molar-refractivity contribution in [2.45, 2.75) is 32.1 Å². The lowest BCUT2D eigenvalue weighted by Crippen LogP contribution is -2.29. The van der Waals surface area contributed by atoms with Crippen molar-refractivity contribution in [3.05, 3.63) is 29.3 Å². The Labute approximate surface area is 126 Å². The number of carboxylic acids is 1. The number of piperidine rings is 1. The summed E-state index contributed by atoms with van der Waals surface area (Å²) in [7, 11) is 0. The monoisotopic (exact) mass is 288 g/mol. The van der Waals surface area contributed by atoms with Crippen LogP contribution in [0.3, 0.4) is 0 Å². The Hall–Kier alpha value is -1.55. The number of fused-ring (bicyclic) bond motifs is 1. The summed E-state index contributed by atoms with van der Waals surface area (Å²) in [4.78, 5) is 13.6. The first-order valence-corrected chi connectivity index (χ1v) is 8.02. The molecule has 2 heterocycles. The maximum absolute atomic E-state index is 11.2. The van der Waals surface area contributed by atoms with Gasteiger partial charge in [-0.15, -0.1) is 0 Å². The summed E-state index contributed by atoms with van der Waals surface area (Å²) in [5, 5.41) is 12.6. The zero-order valence-corrected chi connectivity index (χ0v) is 12.6. The molecule has 1 unspecified atom stereocenters. The molecule has 0 aromatic heterocycles. The summed E-state index contributed by atoms with van der Waals surface area (Å²) in [6, 6.07) is 5.63. The van der Waals surface area contributed by atoms with E-state index in [-0.39, 0.29) is 0 Å². The van der Waals surface area contributed by atoms with E-state index in [1.54, 1.807) is 6.07 Å². The van der Waals surface area contributed by atoms with Gasteiger partial charge in [0.15, 0.2) is 0 Å². The molecule has 0 amide bonds. The largest absolute Gasteiger partial charge is 0.478 e. The molecule has 1 saturated heterocycles. The van der Waals surface area contributed by atoms with Crippen LogP contribution in [0, 0.1) is 5.92 Å². The number of likely N-dealkylation sites (N-methyl/N-ethyl adjacent to an activating group) is 1. The van der Waals surface area contributed by atoms with Crippen molar-refractivity contribution in [1.29, 1.82) is 0 Å². The number of rotatable bonds is 4. The predicted molar refractivity (Wildman–Crippen MR) is 84.2 cm³/mol. The Bertz CT molecular complexity index is 524. The molecule has 21 heavy (non-hydrogen) atoms. The molecule has 0 bridgehead atoms. The van der Waals surface area contributed by atoms with Gasteiger partial charge in [-0.2, -0.15) is 0 Å². The number of anilines is 1. The van der Waals surface area contributed by atoms with Crippen LogP contribution in [0.4, 0.5) is 5.69 Å². The van der Waals surface area contributed by atoms with E-state index in [2.05, 4.69) is 17.1 Å². The standard InChI is InChI=1S/C17H24N2O2/c1-2-19-11-14(9-12-5-7-18-8-6-12)15-10-13(17(20)21)3-4-16(15)19/h3-4,10,12,14,18H,2,5-9,11H2,1H3,(H,20,21). The fourth-order valence-corrected chi connectivity index (χ4v) is 3.79. The highest BCUT2D eigenvalue weighted by molar-refractivity contribution is 5.89. The van der Waals surface area contributed by atoms with Crippen molar-refractivity contribution in [1.82, 2.24) is 5.32 Å². The van der Waals surface area contributed by atoms with Crippen LogP contribution in [-0.4, -0.2) is 37.3 Å². The molecule has 114 valence electrons. The molecule has 2 aliphatic heterocycles. The lowest BCUT2D eigenvalue weighted by molar-refractivity contribution is 0.0697. The van der Waals surface area contributed by atoms with Crippen LogP contribution < -0.4 is 10.2 Å². The van der Waals surface area contributed by atoms with Gasteiger partial charge in [-0.1, -0.05) is 0 Å². The Morgan fingerprint density at radius 3 is 2.81 bits per heavy atom. The van der Waals surface area contributed by atoms with Gasteiger partial charge in [0.2, 0.25) is 0 Å². The number of carbonyl (C=O) groups is 1. The topological polar surface area (TPSA) is 52.6 Å². The molecule has 1 atom stereocenters. The zero-order valence-electron chi connectivity index (χ0n) is 12.6. The highest BCUT2D eigenvalue weighted by Gasteiger charge is 2.30. The summed E-state index contributed by atoms with van der Waals surface area (Å²) in [6.45, 7) is 6.44. The van der Waals surface area contributed by atoms with Gasteiger partial charge < -0.3 is 15.3 Å². The summed E-state index contributed by atoms with van der Waals surface area (Å²) >= 11 is 0. The maximum atomic E-state index is 11.2. The molecule has 3 rings (SSSR count). The Morgan fingerprint density at radius 1 is 1.38 bits per heavy atom. The summed E-state index contributed by atoms with van der Waals surface area (Å²) in [6.07, 6.45) is 3.68. The number of nitrogens with zero attached hydrogens (tertiary/aromatic N) is 1. The predicted octanol–water partition coefficient (Wildman–Crippen LogP) is 2.70. The van der Waals surface area contributed by atoms with Gasteiger partial charge in [-0.25, -0.2) is 4.79 Å². The number of hydrogen-bond donors (Lipinski definition) is 2. The lowest BCUT2D eigenvalue weighted by atomic mass is 9.85. The minimum absolute atomic E-state index is 0.419. The van der Waals surface area contributed by atoms with Crippen LogP contribution in [0.25, 0.3) is 0 Å². The van der Waals surface area contributed by atoms with Crippen LogP contribution in [0.5, 0.6) is 0 Å². The minimum atomic E-state index is -0.826. The number of carboxylic acid groups (broad SMARTS) is 1. The molecule has 1 aromatic carbocycles. The van der Waals surface area contributed by atoms with Crippen molar-refractivity contribution in [2.24, 2.45) is 5.92 Å². The Kier molecular flexibility index (Phi) is 4.15. The van der Waals surface area contributed by atoms with Gasteiger partial charge in [0.1, 0.15) is 0 Å². The van der Waals surface area contributed by atoms with E-state index in [9.17, 15) is 9.90 Å². The van der Waals surface area contributed by atoms with Crippen molar-refractivity contribution < 1.29 is 9.90 Å². The molecule has 0 aliphatic carbocycles. The van der Waals surface area contributed by atoms with Gasteiger partial charge in [-0.3, -0.25) is 0 Å². The van der Waals surface area contributed by atoms with Crippen LogP contribution >= 0.6 is 0 Å². The quantitative estimate of drug-likeness (QED) is 0.894. The smallest absolute Gasteiger partial charge is 0.335 e. The second-order valence-corrected chi connectivity index (χ2v) is 6.24. The van der Waals surface area contributed by atoms with Crippen LogP contribution in [0.15, 0.2) is 18.2 Å². The van der Waals surface area contributed by atoms with Crippen LogP contribution in [-0.2, 0) is 0 Å². The van der Waals surface area contributed by atoms with E-state index in [1.807, 2.05) is 12.1 Å². The molecule has 4 heteroatoms. The Morgan fingerprint density at radius 2 is 2.14 bits per heavy atom. The van der Waals surface area contributed by atoms with E-state index >= 15 is 0 Å². The molecule has 2 aliphatic rings. The third-order valence-corrected chi connectivity index (χ3v) is 4.95. The van der Waals surface area contributed by atoms with E-state index < -0.39 is 5.97 Å². The summed E-state index contributed by atoms with van der Waals surface area (Å²) in [5.41, 5.74) is 2.90. The first-order valence-electron chi connectivity index (χ1n) is 8.02. The van der Waals surface area contributed by atoms with Gasteiger partial charge in [0.05, 0.1) is 5.56 Å². The Balaban J connectivity index is 1.83.